The van der Waals surface area contributed by atoms with Crippen LogP contribution in [-0.4, -0.2) is 19.0 Å². The van der Waals surface area contributed by atoms with Crippen molar-refractivity contribution in [2.24, 2.45) is 4.99 Å². The molecule has 0 fully saturated rings. The Morgan fingerprint density at radius 3 is 2.26 bits per heavy atom. The van der Waals surface area contributed by atoms with Crippen LogP contribution in [0.2, 0.25) is 5.02 Å². The van der Waals surface area contributed by atoms with Crippen molar-refractivity contribution in [3.05, 3.63) is 94.0 Å². The van der Waals surface area contributed by atoms with Gasteiger partial charge in [-0.05, 0) is 56.2 Å². The molecular weight excluding hydrogens is 408 g/mol. The molecule has 5 heteroatoms. The third-order valence-electron chi connectivity index (χ3n) is 5.33. The SMILES string of the molecule is COc1ccc(C2=N[C@@H](c3ccc(C)cc3)[C@@H](c3ccc(Cl)cc3)N2)c(OC(C)C)c1. The van der Waals surface area contributed by atoms with E-state index in [1.54, 1.807) is 7.11 Å². The normalized spacial score (nSPS) is 17.9. The second-order valence-corrected chi connectivity index (χ2v) is 8.47. The molecule has 3 aromatic rings. The minimum atomic E-state index is -0.0641. The van der Waals surface area contributed by atoms with Gasteiger partial charge in [-0.15, -0.1) is 0 Å². The number of nitrogens with one attached hydrogen (secondary N) is 1. The van der Waals surface area contributed by atoms with Gasteiger partial charge < -0.3 is 14.8 Å². The third kappa shape index (κ3) is 4.70. The molecule has 0 spiro atoms. The zero-order valence-corrected chi connectivity index (χ0v) is 19.0. The summed E-state index contributed by atoms with van der Waals surface area (Å²) in [6.45, 7) is 6.12. The number of aryl methyl sites for hydroxylation is 1. The second kappa shape index (κ2) is 9.03. The molecule has 4 rings (SSSR count). The number of nitrogens with zero attached hydrogens (tertiary/aromatic N) is 1. The van der Waals surface area contributed by atoms with Crippen molar-refractivity contribution in [1.82, 2.24) is 5.32 Å². The van der Waals surface area contributed by atoms with Crippen LogP contribution in [0.1, 0.15) is 48.2 Å². The maximum absolute atomic E-state index is 6.13. The Kier molecular flexibility index (Phi) is 6.19. The van der Waals surface area contributed by atoms with E-state index in [-0.39, 0.29) is 18.2 Å². The zero-order chi connectivity index (χ0) is 22.0. The van der Waals surface area contributed by atoms with E-state index in [4.69, 9.17) is 26.1 Å². The van der Waals surface area contributed by atoms with Gasteiger partial charge in [0.2, 0.25) is 0 Å². The van der Waals surface area contributed by atoms with Crippen LogP contribution in [0.5, 0.6) is 11.5 Å². The van der Waals surface area contributed by atoms with Gasteiger partial charge in [-0.25, -0.2) is 0 Å². The van der Waals surface area contributed by atoms with E-state index in [1.165, 1.54) is 5.56 Å². The van der Waals surface area contributed by atoms with E-state index in [9.17, 15) is 0 Å². The predicted molar refractivity (Wildman–Crippen MR) is 127 cm³/mol. The molecular formula is C26H27ClN2O2. The number of hydrogen-bond acceptors (Lipinski definition) is 4. The van der Waals surface area contributed by atoms with Crippen LogP contribution in [0.15, 0.2) is 71.7 Å². The number of amidine groups is 1. The minimum Gasteiger partial charge on any atom is -0.497 e. The van der Waals surface area contributed by atoms with Crippen molar-refractivity contribution < 1.29 is 9.47 Å². The van der Waals surface area contributed by atoms with Crippen molar-refractivity contribution >= 4 is 17.4 Å². The highest BCUT2D eigenvalue weighted by Crippen LogP contribution is 2.39. The van der Waals surface area contributed by atoms with E-state index < -0.39 is 0 Å². The first kappa shape index (κ1) is 21.3. The molecule has 0 saturated heterocycles. The standard InChI is InChI=1S/C26H27ClN2O2/c1-16(2)31-23-15-21(30-4)13-14-22(23)26-28-24(18-7-5-17(3)6-8-18)25(29-26)19-9-11-20(27)12-10-19/h5-16,24-25H,1-4H3,(H,28,29)/t24-,25+/m0/s1. The van der Waals surface area contributed by atoms with Gasteiger partial charge in [0, 0.05) is 11.1 Å². The lowest BCUT2D eigenvalue weighted by Crippen LogP contribution is -2.25. The quantitative estimate of drug-likeness (QED) is 0.496. The van der Waals surface area contributed by atoms with Crippen molar-refractivity contribution in [1.29, 1.82) is 0 Å². The first-order chi connectivity index (χ1) is 14.9. The van der Waals surface area contributed by atoms with Crippen LogP contribution >= 0.6 is 11.6 Å². The Bertz CT molecular complexity index is 1080. The summed E-state index contributed by atoms with van der Waals surface area (Å²) < 4.78 is 11.5. The first-order valence-electron chi connectivity index (χ1n) is 10.5. The first-order valence-corrected chi connectivity index (χ1v) is 10.8. The van der Waals surface area contributed by atoms with Crippen LogP contribution in [-0.2, 0) is 0 Å². The van der Waals surface area contributed by atoms with E-state index in [1.807, 2.05) is 44.2 Å². The van der Waals surface area contributed by atoms with Gasteiger partial charge >= 0.3 is 0 Å². The fraction of sp³-hybridized carbons (Fsp3) is 0.269. The average molecular weight is 435 g/mol. The smallest absolute Gasteiger partial charge is 0.134 e. The van der Waals surface area contributed by atoms with Crippen LogP contribution in [0.25, 0.3) is 0 Å². The largest absolute Gasteiger partial charge is 0.497 e. The lowest BCUT2D eigenvalue weighted by atomic mass is 9.94. The molecule has 0 unspecified atom stereocenters. The van der Waals surface area contributed by atoms with Gasteiger partial charge in [0.05, 0.1) is 24.8 Å². The van der Waals surface area contributed by atoms with Crippen molar-refractivity contribution in [3.63, 3.8) is 0 Å². The predicted octanol–water partition coefficient (Wildman–Crippen LogP) is 6.28. The number of ether oxygens (including phenoxy) is 2. The molecule has 1 N–H and O–H groups in total. The van der Waals surface area contributed by atoms with Crippen LogP contribution in [0.4, 0.5) is 0 Å². The summed E-state index contributed by atoms with van der Waals surface area (Å²) in [5.41, 5.74) is 4.44. The zero-order valence-electron chi connectivity index (χ0n) is 18.2. The molecule has 1 heterocycles. The molecule has 0 saturated carbocycles. The molecule has 2 atom stereocenters. The fourth-order valence-corrected chi connectivity index (χ4v) is 3.89. The number of methoxy groups -OCH3 is 1. The van der Waals surface area contributed by atoms with Gasteiger partial charge in [-0.1, -0.05) is 53.6 Å². The molecule has 31 heavy (non-hydrogen) atoms. The fourth-order valence-electron chi connectivity index (χ4n) is 3.77. The van der Waals surface area contributed by atoms with Crippen LogP contribution in [0.3, 0.4) is 0 Å². The lowest BCUT2D eigenvalue weighted by Gasteiger charge is -2.20. The summed E-state index contributed by atoms with van der Waals surface area (Å²) in [6, 6.07) is 22.3. The van der Waals surface area contributed by atoms with E-state index in [2.05, 4.69) is 48.6 Å². The Labute approximate surface area is 188 Å². The Morgan fingerprint density at radius 2 is 1.61 bits per heavy atom. The summed E-state index contributed by atoms with van der Waals surface area (Å²) in [7, 11) is 1.66. The number of halogens is 1. The summed E-state index contributed by atoms with van der Waals surface area (Å²) in [5.74, 6) is 2.31. The number of rotatable bonds is 6. The molecule has 0 bridgehead atoms. The van der Waals surface area contributed by atoms with Gasteiger partial charge in [-0.3, -0.25) is 4.99 Å². The van der Waals surface area contributed by atoms with E-state index in [0.29, 0.717) is 0 Å². The Morgan fingerprint density at radius 1 is 0.935 bits per heavy atom. The molecule has 0 aromatic heterocycles. The summed E-state index contributed by atoms with van der Waals surface area (Å²) in [4.78, 5) is 5.11. The molecule has 0 radical (unpaired) electrons. The monoisotopic (exact) mass is 434 g/mol. The van der Waals surface area contributed by atoms with Crippen LogP contribution in [0, 0.1) is 6.92 Å². The van der Waals surface area contributed by atoms with Gasteiger partial charge in [0.1, 0.15) is 23.4 Å². The van der Waals surface area contributed by atoms with Gasteiger partial charge in [-0.2, -0.15) is 0 Å². The number of benzene rings is 3. The second-order valence-electron chi connectivity index (χ2n) is 8.04. The molecule has 3 aromatic carbocycles. The van der Waals surface area contributed by atoms with Crippen molar-refractivity contribution in [2.45, 2.75) is 39.0 Å². The topological polar surface area (TPSA) is 42.8 Å². The molecule has 1 aliphatic rings. The highest BCUT2D eigenvalue weighted by Gasteiger charge is 2.33. The van der Waals surface area contributed by atoms with Crippen LogP contribution < -0.4 is 14.8 Å². The minimum absolute atomic E-state index is 0.0102. The number of aliphatic imine (C=N–C) groups is 1. The van der Waals surface area contributed by atoms with Crippen molar-refractivity contribution in [2.75, 3.05) is 7.11 Å². The third-order valence-corrected chi connectivity index (χ3v) is 5.58. The molecule has 0 amide bonds. The Balaban J connectivity index is 1.77. The molecule has 0 aliphatic carbocycles. The summed E-state index contributed by atoms with van der Waals surface area (Å²) in [5, 5.41) is 4.36. The van der Waals surface area contributed by atoms with Gasteiger partial charge in [0.25, 0.3) is 0 Å². The van der Waals surface area contributed by atoms with E-state index in [0.717, 1.165) is 39.0 Å². The molecule has 1 aliphatic heterocycles. The highest BCUT2D eigenvalue weighted by molar-refractivity contribution is 6.30. The summed E-state index contributed by atoms with van der Waals surface area (Å²) in [6.07, 6.45) is 0.0350. The Hall–Kier alpha value is -2.98. The molecule has 160 valence electrons. The average Bonchev–Trinajstić information content (AvgIpc) is 3.19. The maximum Gasteiger partial charge on any atom is 0.134 e. The highest BCUT2D eigenvalue weighted by atomic mass is 35.5. The maximum atomic E-state index is 6.13. The van der Waals surface area contributed by atoms with Crippen molar-refractivity contribution in [3.8, 4) is 11.5 Å². The number of hydrogen-bond donors (Lipinski definition) is 1. The lowest BCUT2D eigenvalue weighted by molar-refractivity contribution is 0.240. The van der Waals surface area contributed by atoms with E-state index >= 15 is 0 Å². The van der Waals surface area contributed by atoms with Gasteiger partial charge in [0.15, 0.2) is 0 Å². The summed E-state index contributed by atoms with van der Waals surface area (Å²) >= 11 is 6.13. The molecule has 4 nitrogen and oxygen atoms in total.